The van der Waals surface area contributed by atoms with Crippen LogP contribution in [0, 0.1) is 12.8 Å². The number of hydrazine groups is 1. The molecule has 1 fully saturated rings. The minimum Gasteiger partial charge on any atom is -0.356 e. The summed E-state index contributed by atoms with van der Waals surface area (Å²) in [5.74, 6) is 7.67. The van der Waals surface area contributed by atoms with Gasteiger partial charge in [-0.25, -0.2) is 10.8 Å². The Bertz CT molecular complexity index is 379. The highest BCUT2D eigenvalue weighted by Gasteiger charge is 2.24. The molecule has 1 unspecified atom stereocenters. The summed E-state index contributed by atoms with van der Waals surface area (Å²) in [5, 5.41) is 0. The monoisotopic (exact) mass is 235 g/mol. The van der Waals surface area contributed by atoms with E-state index in [1.807, 2.05) is 13.1 Å². The van der Waals surface area contributed by atoms with Gasteiger partial charge in [0.2, 0.25) is 5.95 Å². The second-order valence-electron chi connectivity index (χ2n) is 4.73. The fraction of sp³-hybridized carbons (Fsp3) is 0.667. The van der Waals surface area contributed by atoms with Gasteiger partial charge >= 0.3 is 0 Å². The Kier molecular flexibility index (Phi) is 3.78. The van der Waals surface area contributed by atoms with Gasteiger partial charge < -0.3 is 4.90 Å². The fourth-order valence-electron chi connectivity index (χ4n) is 2.49. The van der Waals surface area contributed by atoms with Crippen molar-refractivity contribution in [1.29, 1.82) is 0 Å². The predicted octanol–water partition coefficient (Wildman–Crippen LogP) is 1.70. The van der Waals surface area contributed by atoms with Crippen LogP contribution in [0.1, 0.15) is 31.7 Å². The SMILES string of the molecule is CCCC1CCN(c2nc(NN)ncc2C)C1. The number of aryl methyl sites for hydroxylation is 1. The first kappa shape index (κ1) is 12.1. The standard InChI is InChI=1S/C12H21N5/c1-3-4-10-5-6-17(8-10)11-9(2)7-14-12(15-11)16-13/h7,10H,3-6,8,13H2,1-2H3,(H,14,15,16). The van der Waals surface area contributed by atoms with Crippen LogP contribution >= 0.6 is 0 Å². The van der Waals surface area contributed by atoms with Gasteiger partial charge in [-0.05, 0) is 25.7 Å². The lowest BCUT2D eigenvalue weighted by atomic mass is 10.0. The molecule has 0 radical (unpaired) electrons. The molecule has 3 N–H and O–H groups in total. The van der Waals surface area contributed by atoms with Crippen LogP contribution in [0.25, 0.3) is 0 Å². The molecule has 17 heavy (non-hydrogen) atoms. The number of hydrogen-bond acceptors (Lipinski definition) is 5. The van der Waals surface area contributed by atoms with Crippen LogP contribution in [-0.2, 0) is 0 Å². The number of nitrogens with zero attached hydrogens (tertiary/aromatic N) is 3. The first-order chi connectivity index (χ1) is 8.24. The predicted molar refractivity (Wildman–Crippen MR) is 69.8 cm³/mol. The topological polar surface area (TPSA) is 67.1 Å². The maximum Gasteiger partial charge on any atom is 0.239 e. The zero-order chi connectivity index (χ0) is 12.3. The van der Waals surface area contributed by atoms with Crippen molar-refractivity contribution in [1.82, 2.24) is 9.97 Å². The van der Waals surface area contributed by atoms with Gasteiger partial charge in [0.1, 0.15) is 5.82 Å². The lowest BCUT2D eigenvalue weighted by Gasteiger charge is -2.19. The van der Waals surface area contributed by atoms with Crippen LogP contribution in [0.15, 0.2) is 6.20 Å². The van der Waals surface area contributed by atoms with Crippen molar-refractivity contribution in [3.63, 3.8) is 0 Å². The number of nitrogens with two attached hydrogens (primary N) is 1. The second-order valence-corrected chi connectivity index (χ2v) is 4.73. The minimum absolute atomic E-state index is 0.490. The molecule has 0 saturated carbocycles. The van der Waals surface area contributed by atoms with Gasteiger partial charge in [0.05, 0.1) is 0 Å². The summed E-state index contributed by atoms with van der Waals surface area (Å²) in [6.07, 6.45) is 5.66. The number of hydrogen-bond donors (Lipinski definition) is 2. The van der Waals surface area contributed by atoms with E-state index in [2.05, 4.69) is 27.2 Å². The third-order valence-electron chi connectivity index (χ3n) is 3.36. The lowest BCUT2D eigenvalue weighted by Crippen LogP contribution is -2.23. The van der Waals surface area contributed by atoms with E-state index in [0.29, 0.717) is 5.95 Å². The number of nitrogen functional groups attached to an aromatic ring is 1. The molecule has 2 heterocycles. The molecule has 1 saturated heterocycles. The molecule has 1 aromatic heterocycles. The highest BCUT2D eigenvalue weighted by atomic mass is 15.3. The Balaban J connectivity index is 2.12. The van der Waals surface area contributed by atoms with E-state index >= 15 is 0 Å². The molecule has 1 aromatic rings. The summed E-state index contributed by atoms with van der Waals surface area (Å²) < 4.78 is 0. The number of anilines is 2. The van der Waals surface area contributed by atoms with Crippen molar-refractivity contribution in [3.05, 3.63) is 11.8 Å². The largest absolute Gasteiger partial charge is 0.356 e. The summed E-state index contributed by atoms with van der Waals surface area (Å²) >= 11 is 0. The molecule has 5 heteroatoms. The van der Waals surface area contributed by atoms with Gasteiger partial charge in [0, 0.05) is 24.8 Å². The molecule has 94 valence electrons. The molecule has 1 aliphatic rings. The van der Waals surface area contributed by atoms with Crippen LogP contribution in [0.5, 0.6) is 0 Å². The Labute approximate surface area is 102 Å². The number of nitrogens with one attached hydrogen (secondary N) is 1. The average molecular weight is 235 g/mol. The number of aromatic nitrogens is 2. The molecule has 2 rings (SSSR count). The van der Waals surface area contributed by atoms with E-state index < -0.39 is 0 Å². The fourth-order valence-corrected chi connectivity index (χ4v) is 2.49. The molecule has 0 amide bonds. The Hall–Kier alpha value is -1.36. The average Bonchev–Trinajstić information content (AvgIpc) is 2.79. The quantitative estimate of drug-likeness (QED) is 0.614. The van der Waals surface area contributed by atoms with Gasteiger partial charge in [-0.1, -0.05) is 13.3 Å². The van der Waals surface area contributed by atoms with Crippen molar-refractivity contribution in [3.8, 4) is 0 Å². The molecule has 0 aliphatic carbocycles. The third-order valence-corrected chi connectivity index (χ3v) is 3.36. The summed E-state index contributed by atoms with van der Waals surface area (Å²) in [5.41, 5.74) is 3.62. The summed E-state index contributed by atoms with van der Waals surface area (Å²) in [6.45, 7) is 6.49. The van der Waals surface area contributed by atoms with E-state index in [0.717, 1.165) is 30.4 Å². The van der Waals surface area contributed by atoms with Gasteiger partial charge in [-0.15, -0.1) is 0 Å². The van der Waals surface area contributed by atoms with Gasteiger partial charge in [-0.2, -0.15) is 4.98 Å². The smallest absolute Gasteiger partial charge is 0.239 e. The van der Waals surface area contributed by atoms with Crippen molar-refractivity contribution in [2.24, 2.45) is 11.8 Å². The van der Waals surface area contributed by atoms with Crippen LogP contribution in [0.3, 0.4) is 0 Å². The van der Waals surface area contributed by atoms with Crippen LogP contribution < -0.4 is 16.2 Å². The maximum absolute atomic E-state index is 5.35. The van der Waals surface area contributed by atoms with Crippen LogP contribution in [-0.4, -0.2) is 23.1 Å². The molecular weight excluding hydrogens is 214 g/mol. The van der Waals surface area contributed by atoms with Gasteiger partial charge in [0.25, 0.3) is 0 Å². The highest BCUT2D eigenvalue weighted by Crippen LogP contribution is 2.27. The first-order valence-electron chi connectivity index (χ1n) is 6.29. The van der Waals surface area contributed by atoms with E-state index in [-0.39, 0.29) is 0 Å². The minimum atomic E-state index is 0.490. The van der Waals surface area contributed by atoms with E-state index in [4.69, 9.17) is 5.84 Å². The normalized spacial score (nSPS) is 19.7. The van der Waals surface area contributed by atoms with Gasteiger partial charge in [0.15, 0.2) is 0 Å². The van der Waals surface area contributed by atoms with E-state index in [1.54, 1.807) is 0 Å². The summed E-state index contributed by atoms with van der Waals surface area (Å²) in [6, 6.07) is 0. The van der Waals surface area contributed by atoms with Crippen molar-refractivity contribution in [2.45, 2.75) is 33.1 Å². The Morgan fingerprint density at radius 2 is 2.41 bits per heavy atom. The zero-order valence-electron chi connectivity index (χ0n) is 10.6. The Morgan fingerprint density at radius 1 is 1.59 bits per heavy atom. The van der Waals surface area contributed by atoms with E-state index in [9.17, 15) is 0 Å². The molecule has 0 aromatic carbocycles. The van der Waals surface area contributed by atoms with E-state index in [1.165, 1.54) is 19.3 Å². The molecule has 1 aliphatic heterocycles. The first-order valence-corrected chi connectivity index (χ1v) is 6.29. The summed E-state index contributed by atoms with van der Waals surface area (Å²) in [4.78, 5) is 10.9. The molecular formula is C12H21N5. The van der Waals surface area contributed by atoms with Crippen LogP contribution in [0.2, 0.25) is 0 Å². The molecule has 1 atom stereocenters. The third kappa shape index (κ3) is 2.66. The van der Waals surface area contributed by atoms with Crippen LogP contribution in [0.4, 0.5) is 11.8 Å². The van der Waals surface area contributed by atoms with Gasteiger partial charge in [-0.3, -0.25) is 5.43 Å². The zero-order valence-corrected chi connectivity index (χ0v) is 10.6. The van der Waals surface area contributed by atoms with Crippen molar-refractivity contribution in [2.75, 3.05) is 23.4 Å². The molecule has 5 nitrogen and oxygen atoms in total. The summed E-state index contributed by atoms with van der Waals surface area (Å²) in [7, 11) is 0. The lowest BCUT2D eigenvalue weighted by molar-refractivity contribution is 0.529. The molecule has 0 bridgehead atoms. The second kappa shape index (κ2) is 5.31. The highest BCUT2D eigenvalue weighted by molar-refractivity contribution is 5.49. The maximum atomic E-state index is 5.35. The van der Waals surface area contributed by atoms with Crippen molar-refractivity contribution >= 4 is 11.8 Å². The number of rotatable bonds is 4. The molecule has 0 spiro atoms. The Morgan fingerprint density at radius 3 is 3.12 bits per heavy atom. The van der Waals surface area contributed by atoms with Crippen molar-refractivity contribution < 1.29 is 0 Å².